The van der Waals surface area contributed by atoms with Crippen molar-refractivity contribution in [3.8, 4) is 0 Å². The van der Waals surface area contributed by atoms with Crippen LogP contribution >= 0.6 is 0 Å². The van der Waals surface area contributed by atoms with E-state index in [4.69, 9.17) is 0 Å². The van der Waals surface area contributed by atoms with Gasteiger partial charge in [0.05, 0.1) is 5.69 Å². The summed E-state index contributed by atoms with van der Waals surface area (Å²) >= 11 is 0. The Bertz CT molecular complexity index is 557. The van der Waals surface area contributed by atoms with Gasteiger partial charge in [-0.1, -0.05) is 0 Å². The van der Waals surface area contributed by atoms with E-state index in [1.165, 1.54) is 0 Å². The average Bonchev–Trinajstić information content (AvgIpc) is 2.49. The van der Waals surface area contributed by atoms with Crippen LogP contribution in [0.1, 0.15) is 25.7 Å². The minimum absolute atomic E-state index is 0.352. The van der Waals surface area contributed by atoms with Gasteiger partial charge in [0.2, 0.25) is 11.8 Å². The number of carbonyl (C=O) groups is 2. The summed E-state index contributed by atoms with van der Waals surface area (Å²) in [6.45, 7) is 1.21. The fraction of sp³-hybridized carbons (Fsp3) is 0.429. The van der Waals surface area contributed by atoms with Crippen LogP contribution < -0.4 is 5.32 Å². The minimum atomic E-state index is -1.66. The molecule has 21 heavy (non-hydrogen) atoms. The van der Waals surface area contributed by atoms with Crippen molar-refractivity contribution in [1.82, 2.24) is 4.90 Å². The van der Waals surface area contributed by atoms with E-state index in [2.05, 4.69) is 5.32 Å². The number of anilines is 1. The lowest BCUT2D eigenvalue weighted by Crippen LogP contribution is -2.37. The molecular formula is C14H15F3N2O2. The van der Waals surface area contributed by atoms with Gasteiger partial charge in [0, 0.05) is 13.1 Å². The third kappa shape index (κ3) is 3.74. The molecule has 114 valence electrons. The van der Waals surface area contributed by atoms with E-state index in [1.807, 2.05) is 0 Å². The molecule has 1 heterocycles. The summed E-state index contributed by atoms with van der Waals surface area (Å²) in [7, 11) is 0. The Kier molecular flexibility index (Phi) is 4.82. The fourth-order valence-electron chi connectivity index (χ4n) is 2.21. The normalized spacial score (nSPS) is 14.9. The van der Waals surface area contributed by atoms with Crippen molar-refractivity contribution in [2.75, 3.05) is 18.4 Å². The number of rotatable bonds is 3. The second-order valence-electron chi connectivity index (χ2n) is 4.89. The maximum Gasteiger partial charge on any atom is 0.233 e. The lowest BCUT2D eigenvalue weighted by Gasteiger charge is -2.26. The first-order valence-electron chi connectivity index (χ1n) is 6.70. The first-order valence-corrected chi connectivity index (χ1v) is 6.70. The number of nitrogens with zero attached hydrogens (tertiary/aromatic N) is 1. The maximum atomic E-state index is 13.4. The van der Waals surface area contributed by atoms with E-state index < -0.39 is 35.5 Å². The number of piperidine rings is 1. The average molecular weight is 300 g/mol. The summed E-state index contributed by atoms with van der Waals surface area (Å²) in [5.41, 5.74) is -0.481. The molecule has 1 aliphatic rings. The molecule has 1 aromatic carbocycles. The fourth-order valence-corrected chi connectivity index (χ4v) is 2.21. The van der Waals surface area contributed by atoms with Crippen molar-refractivity contribution in [2.24, 2.45) is 0 Å². The van der Waals surface area contributed by atoms with Gasteiger partial charge in [0.25, 0.3) is 0 Å². The van der Waals surface area contributed by atoms with E-state index in [0.29, 0.717) is 19.2 Å². The third-order valence-corrected chi connectivity index (χ3v) is 3.33. The highest BCUT2D eigenvalue weighted by atomic mass is 19.2. The molecule has 0 atom stereocenters. The van der Waals surface area contributed by atoms with Crippen LogP contribution in [0.2, 0.25) is 0 Å². The molecule has 0 saturated carbocycles. The predicted molar refractivity (Wildman–Crippen MR) is 70.0 cm³/mol. The zero-order valence-corrected chi connectivity index (χ0v) is 11.3. The van der Waals surface area contributed by atoms with Crippen LogP contribution in [-0.2, 0) is 9.59 Å². The number of halogens is 3. The van der Waals surface area contributed by atoms with E-state index >= 15 is 0 Å². The molecule has 1 saturated heterocycles. The Morgan fingerprint density at radius 3 is 2.38 bits per heavy atom. The van der Waals surface area contributed by atoms with Crippen molar-refractivity contribution in [2.45, 2.75) is 25.7 Å². The SMILES string of the molecule is O=C(CC(=O)N1CCCCC1)Nc1ccc(F)c(F)c1F. The summed E-state index contributed by atoms with van der Waals surface area (Å²) < 4.78 is 39.2. The minimum Gasteiger partial charge on any atom is -0.342 e. The van der Waals surface area contributed by atoms with Gasteiger partial charge in [-0.3, -0.25) is 9.59 Å². The van der Waals surface area contributed by atoms with Crippen LogP contribution in [0, 0.1) is 17.5 Å². The van der Waals surface area contributed by atoms with Gasteiger partial charge >= 0.3 is 0 Å². The standard InChI is InChI=1S/C14H15F3N2O2/c15-9-4-5-10(14(17)13(9)16)18-11(20)8-12(21)19-6-2-1-3-7-19/h4-5H,1-3,6-8H2,(H,18,20). The summed E-state index contributed by atoms with van der Waals surface area (Å²) in [6.07, 6.45) is 2.39. The molecule has 0 bridgehead atoms. The van der Waals surface area contributed by atoms with Gasteiger partial charge in [-0.05, 0) is 31.4 Å². The van der Waals surface area contributed by atoms with Crippen LogP contribution in [0.25, 0.3) is 0 Å². The van der Waals surface area contributed by atoms with Crippen molar-refractivity contribution in [1.29, 1.82) is 0 Å². The molecule has 7 heteroatoms. The number of benzene rings is 1. The van der Waals surface area contributed by atoms with Gasteiger partial charge in [-0.15, -0.1) is 0 Å². The summed E-state index contributed by atoms with van der Waals surface area (Å²) in [5.74, 6) is -5.58. The van der Waals surface area contributed by atoms with Crippen LogP contribution in [0.5, 0.6) is 0 Å². The van der Waals surface area contributed by atoms with Crippen molar-refractivity contribution in [3.05, 3.63) is 29.6 Å². The lowest BCUT2D eigenvalue weighted by atomic mass is 10.1. The molecule has 1 fully saturated rings. The van der Waals surface area contributed by atoms with Crippen molar-refractivity contribution < 1.29 is 22.8 Å². The molecule has 1 aliphatic heterocycles. The highest BCUT2D eigenvalue weighted by Crippen LogP contribution is 2.20. The zero-order valence-electron chi connectivity index (χ0n) is 11.3. The number of amides is 2. The summed E-state index contributed by atoms with van der Waals surface area (Å²) in [5, 5.41) is 2.08. The molecular weight excluding hydrogens is 285 g/mol. The maximum absolute atomic E-state index is 13.4. The second-order valence-corrected chi connectivity index (χ2v) is 4.89. The third-order valence-electron chi connectivity index (χ3n) is 3.33. The second kappa shape index (κ2) is 6.60. The van der Waals surface area contributed by atoms with Gasteiger partial charge in [-0.2, -0.15) is 0 Å². The van der Waals surface area contributed by atoms with E-state index in [0.717, 1.165) is 25.3 Å². The van der Waals surface area contributed by atoms with Crippen LogP contribution in [0.4, 0.5) is 18.9 Å². The van der Waals surface area contributed by atoms with E-state index in [1.54, 1.807) is 4.90 Å². The summed E-state index contributed by atoms with van der Waals surface area (Å²) in [4.78, 5) is 25.1. The molecule has 0 radical (unpaired) electrons. The lowest BCUT2D eigenvalue weighted by molar-refractivity contribution is -0.135. The first-order chi connectivity index (χ1) is 9.99. The quantitative estimate of drug-likeness (QED) is 0.688. The largest absolute Gasteiger partial charge is 0.342 e. The molecule has 0 aromatic heterocycles. The Morgan fingerprint density at radius 2 is 1.71 bits per heavy atom. The topological polar surface area (TPSA) is 49.4 Å². The Hall–Kier alpha value is -2.05. The highest BCUT2D eigenvalue weighted by Gasteiger charge is 2.21. The van der Waals surface area contributed by atoms with Crippen molar-refractivity contribution >= 4 is 17.5 Å². The number of likely N-dealkylation sites (tertiary alicyclic amines) is 1. The van der Waals surface area contributed by atoms with Gasteiger partial charge in [0.15, 0.2) is 17.5 Å². The number of nitrogens with one attached hydrogen (secondary N) is 1. The van der Waals surface area contributed by atoms with Crippen LogP contribution in [-0.4, -0.2) is 29.8 Å². The monoisotopic (exact) mass is 300 g/mol. The number of hydrogen-bond donors (Lipinski definition) is 1. The molecule has 2 amide bonds. The predicted octanol–water partition coefficient (Wildman–Crippen LogP) is 2.45. The Balaban J connectivity index is 1.95. The first kappa shape index (κ1) is 15.3. The number of carbonyl (C=O) groups excluding carboxylic acids is 2. The molecule has 0 aliphatic carbocycles. The smallest absolute Gasteiger partial charge is 0.233 e. The van der Waals surface area contributed by atoms with Gasteiger partial charge in [-0.25, -0.2) is 13.2 Å². The molecule has 1 N–H and O–H groups in total. The molecule has 0 spiro atoms. The highest BCUT2D eigenvalue weighted by molar-refractivity contribution is 6.03. The Labute approximate surface area is 119 Å². The van der Waals surface area contributed by atoms with Crippen molar-refractivity contribution in [3.63, 3.8) is 0 Å². The van der Waals surface area contributed by atoms with Crippen LogP contribution in [0.15, 0.2) is 12.1 Å². The van der Waals surface area contributed by atoms with Gasteiger partial charge in [0.1, 0.15) is 6.42 Å². The molecule has 2 rings (SSSR count). The van der Waals surface area contributed by atoms with Crippen LogP contribution in [0.3, 0.4) is 0 Å². The molecule has 4 nitrogen and oxygen atoms in total. The van der Waals surface area contributed by atoms with E-state index in [-0.39, 0.29) is 5.91 Å². The Morgan fingerprint density at radius 1 is 1.05 bits per heavy atom. The molecule has 0 unspecified atom stereocenters. The number of hydrogen-bond acceptors (Lipinski definition) is 2. The van der Waals surface area contributed by atoms with E-state index in [9.17, 15) is 22.8 Å². The summed E-state index contributed by atoms with van der Waals surface area (Å²) in [6, 6.07) is 1.62. The zero-order chi connectivity index (χ0) is 15.4. The molecule has 1 aromatic rings. The van der Waals surface area contributed by atoms with Gasteiger partial charge < -0.3 is 10.2 Å².